The summed E-state index contributed by atoms with van der Waals surface area (Å²) in [4.78, 5) is 15.3. The van der Waals surface area contributed by atoms with Gasteiger partial charge in [-0.05, 0) is 49.2 Å². The molecule has 3 rings (SSSR count). The number of sulfonamides is 1. The van der Waals surface area contributed by atoms with Crippen molar-refractivity contribution in [3.8, 4) is 5.75 Å². The second-order valence-electron chi connectivity index (χ2n) is 6.07. The normalized spacial score (nSPS) is 17.9. The van der Waals surface area contributed by atoms with Crippen LogP contribution in [0.4, 0.5) is 10.5 Å². The minimum atomic E-state index is -3.64. The fourth-order valence-electron chi connectivity index (χ4n) is 2.86. The number of piperidine rings is 1. The molecular weight excluding hydrogens is 370 g/mol. The van der Waals surface area contributed by atoms with E-state index in [9.17, 15) is 13.2 Å². The quantitative estimate of drug-likeness (QED) is 0.841. The molecule has 1 aliphatic heterocycles. The van der Waals surface area contributed by atoms with Gasteiger partial charge in [-0.1, -0.05) is 0 Å². The summed E-state index contributed by atoms with van der Waals surface area (Å²) in [6, 6.07) is 9.49. The van der Waals surface area contributed by atoms with E-state index in [2.05, 4.69) is 15.0 Å². The van der Waals surface area contributed by atoms with E-state index in [1.165, 1.54) is 35.7 Å². The SMILES string of the molecule is COC(=O)Nc1ccc(S(=O)(=O)N2CCC[C@H](Oc3ccncc3)C2)cc1. The van der Waals surface area contributed by atoms with Gasteiger partial charge in [0.1, 0.15) is 11.9 Å². The highest BCUT2D eigenvalue weighted by Crippen LogP contribution is 2.24. The second-order valence-corrected chi connectivity index (χ2v) is 8.01. The van der Waals surface area contributed by atoms with E-state index in [-0.39, 0.29) is 17.5 Å². The monoisotopic (exact) mass is 391 g/mol. The van der Waals surface area contributed by atoms with Crippen molar-refractivity contribution in [2.45, 2.75) is 23.8 Å². The molecule has 1 atom stereocenters. The molecule has 1 saturated heterocycles. The van der Waals surface area contributed by atoms with Crippen LogP contribution in [0.5, 0.6) is 5.75 Å². The molecule has 2 aromatic rings. The molecule has 1 aliphatic rings. The van der Waals surface area contributed by atoms with Crippen molar-refractivity contribution in [2.24, 2.45) is 0 Å². The van der Waals surface area contributed by atoms with Gasteiger partial charge in [0.2, 0.25) is 10.0 Å². The van der Waals surface area contributed by atoms with E-state index in [1.807, 2.05) is 0 Å². The Morgan fingerprint density at radius 2 is 1.89 bits per heavy atom. The minimum absolute atomic E-state index is 0.169. The van der Waals surface area contributed by atoms with Gasteiger partial charge in [-0.25, -0.2) is 13.2 Å². The highest BCUT2D eigenvalue weighted by atomic mass is 32.2. The first-order valence-corrected chi connectivity index (χ1v) is 9.95. The van der Waals surface area contributed by atoms with E-state index >= 15 is 0 Å². The maximum absolute atomic E-state index is 12.9. The average Bonchev–Trinajstić information content (AvgIpc) is 2.69. The second kappa shape index (κ2) is 8.36. The Balaban J connectivity index is 1.69. The number of benzene rings is 1. The molecule has 8 nitrogen and oxygen atoms in total. The van der Waals surface area contributed by atoms with Crippen molar-refractivity contribution < 1.29 is 22.7 Å². The number of carbonyl (C=O) groups is 1. The smallest absolute Gasteiger partial charge is 0.411 e. The first-order valence-electron chi connectivity index (χ1n) is 8.51. The van der Waals surface area contributed by atoms with Crippen LogP contribution in [0.15, 0.2) is 53.7 Å². The van der Waals surface area contributed by atoms with Gasteiger partial charge in [0, 0.05) is 24.6 Å². The number of methoxy groups -OCH3 is 1. The van der Waals surface area contributed by atoms with Crippen LogP contribution in [0, 0.1) is 0 Å². The van der Waals surface area contributed by atoms with Gasteiger partial charge in [-0.3, -0.25) is 10.3 Å². The van der Waals surface area contributed by atoms with Gasteiger partial charge in [-0.15, -0.1) is 0 Å². The molecule has 0 aliphatic carbocycles. The number of carbonyl (C=O) groups excluding carboxylic acids is 1. The lowest BCUT2D eigenvalue weighted by atomic mass is 10.1. The van der Waals surface area contributed by atoms with Crippen LogP contribution in [0.25, 0.3) is 0 Å². The number of ether oxygens (including phenoxy) is 2. The van der Waals surface area contributed by atoms with Gasteiger partial charge >= 0.3 is 6.09 Å². The summed E-state index contributed by atoms with van der Waals surface area (Å²) in [5.41, 5.74) is 0.457. The minimum Gasteiger partial charge on any atom is -0.489 e. The van der Waals surface area contributed by atoms with Crippen LogP contribution < -0.4 is 10.1 Å². The summed E-state index contributed by atoms with van der Waals surface area (Å²) in [6.45, 7) is 0.730. The molecule has 9 heteroatoms. The van der Waals surface area contributed by atoms with E-state index in [1.54, 1.807) is 24.5 Å². The number of hydrogen-bond acceptors (Lipinski definition) is 6. The standard InChI is InChI=1S/C18H21N3O5S/c1-25-18(22)20-14-4-6-17(7-5-14)27(23,24)21-12-2-3-16(13-21)26-15-8-10-19-11-9-15/h4-11,16H,2-3,12-13H2,1H3,(H,20,22)/t16-/m0/s1. The molecule has 0 saturated carbocycles. The van der Waals surface area contributed by atoms with Gasteiger partial charge in [0.05, 0.1) is 18.6 Å². The van der Waals surface area contributed by atoms with Gasteiger partial charge < -0.3 is 9.47 Å². The predicted octanol–water partition coefficient (Wildman–Crippen LogP) is 2.49. The van der Waals surface area contributed by atoms with Gasteiger partial charge in [0.15, 0.2) is 0 Å². The van der Waals surface area contributed by atoms with Crippen LogP contribution in [0.2, 0.25) is 0 Å². The highest BCUT2D eigenvalue weighted by molar-refractivity contribution is 7.89. The number of aromatic nitrogens is 1. The number of amides is 1. The lowest BCUT2D eigenvalue weighted by Gasteiger charge is -2.32. The number of rotatable bonds is 5. The van der Waals surface area contributed by atoms with Crippen LogP contribution in [0.3, 0.4) is 0 Å². The fraction of sp³-hybridized carbons (Fsp3) is 0.333. The topological polar surface area (TPSA) is 97.8 Å². The summed E-state index contributed by atoms with van der Waals surface area (Å²) in [6.07, 6.45) is 3.95. The predicted molar refractivity (Wildman–Crippen MR) is 99.1 cm³/mol. The molecule has 1 fully saturated rings. The summed E-state index contributed by atoms with van der Waals surface area (Å²) in [5.74, 6) is 0.674. The molecule has 1 aromatic heterocycles. The first-order chi connectivity index (χ1) is 13.0. The molecule has 27 heavy (non-hydrogen) atoms. The molecule has 2 heterocycles. The molecule has 1 amide bonds. The average molecular weight is 391 g/mol. The summed E-state index contributed by atoms with van der Waals surface area (Å²) in [7, 11) is -2.38. The van der Waals surface area contributed by atoms with Crippen LogP contribution >= 0.6 is 0 Å². The van der Waals surface area contributed by atoms with Gasteiger partial charge in [0.25, 0.3) is 0 Å². The van der Waals surface area contributed by atoms with Crippen molar-refractivity contribution in [3.63, 3.8) is 0 Å². The van der Waals surface area contributed by atoms with Crippen molar-refractivity contribution in [3.05, 3.63) is 48.8 Å². The molecular formula is C18H21N3O5S. The van der Waals surface area contributed by atoms with Crippen molar-refractivity contribution >= 4 is 21.8 Å². The largest absolute Gasteiger partial charge is 0.489 e. The number of nitrogens with one attached hydrogen (secondary N) is 1. The summed E-state index contributed by atoms with van der Waals surface area (Å²) >= 11 is 0. The van der Waals surface area contributed by atoms with Crippen LogP contribution in [-0.4, -0.2) is 50.1 Å². The first kappa shape index (κ1) is 19.1. The Labute approximate surface area is 158 Å². The summed E-state index contributed by atoms with van der Waals surface area (Å²) in [5, 5.41) is 2.49. The zero-order valence-corrected chi connectivity index (χ0v) is 15.7. The van der Waals surface area contributed by atoms with Crippen LogP contribution in [-0.2, 0) is 14.8 Å². The zero-order valence-electron chi connectivity index (χ0n) is 14.9. The Morgan fingerprint density at radius 1 is 1.19 bits per heavy atom. The van der Waals surface area contributed by atoms with Crippen LogP contribution in [0.1, 0.15) is 12.8 Å². The van der Waals surface area contributed by atoms with E-state index in [0.29, 0.717) is 18.0 Å². The van der Waals surface area contributed by atoms with Crippen molar-refractivity contribution in [1.82, 2.24) is 9.29 Å². The number of pyridine rings is 1. The van der Waals surface area contributed by atoms with E-state index in [4.69, 9.17) is 4.74 Å². The van der Waals surface area contributed by atoms with Gasteiger partial charge in [-0.2, -0.15) is 4.31 Å². The molecule has 0 radical (unpaired) electrons. The molecule has 1 aromatic carbocycles. The van der Waals surface area contributed by atoms with E-state index in [0.717, 1.165) is 12.8 Å². The molecule has 1 N–H and O–H groups in total. The maximum atomic E-state index is 12.9. The number of hydrogen-bond donors (Lipinski definition) is 1. The Hall–Kier alpha value is -2.65. The maximum Gasteiger partial charge on any atom is 0.411 e. The fourth-order valence-corrected chi connectivity index (χ4v) is 4.37. The third kappa shape index (κ3) is 4.75. The third-order valence-corrected chi connectivity index (χ3v) is 6.10. The van der Waals surface area contributed by atoms with Crippen molar-refractivity contribution in [2.75, 3.05) is 25.5 Å². The third-order valence-electron chi connectivity index (χ3n) is 4.22. The number of anilines is 1. The lowest BCUT2D eigenvalue weighted by Crippen LogP contribution is -2.44. The summed E-state index contributed by atoms with van der Waals surface area (Å²) < 4.78 is 37.7. The number of nitrogens with zero attached hydrogens (tertiary/aromatic N) is 2. The Morgan fingerprint density at radius 3 is 2.56 bits per heavy atom. The molecule has 0 spiro atoms. The molecule has 0 unspecified atom stereocenters. The Bertz CT molecular complexity index is 872. The van der Waals surface area contributed by atoms with Crippen molar-refractivity contribution in [1.29, 1.82) is 0 Å². The highest BCUT2D eigenvalue weighted by Gasteiger charge is 2.31. The molecule has 0 bridgehead atoms. The Kier molecular flexibility index (Phi) is 5.92. The zero-order chi connectivity index (χ0) is 19.3. The molecule has 144 valence electrons. The van der Waals surface area contributed by atoms with E-state index < -0.39 is 16.1 Å². The lowest BCUT2D eigenvalue weighted by molar-refractivity contribution is 0.129.